The van der Waals surface area contributed by atoms with E-state index in [2.05, 4.69) is 0 Å². The number of esters is 1. The molecule has 1 unspecified atom stereocenters. The van der Waals surface area contributed by atoms with Crippen molar-refractivity contribution in [2.75, 3.05) is 0 Å². The van der Waals surface area contributed by atoms with Crippen molar-refractivity contribution in [2.24, 2.45) is 0 Å². The van der Waals surface area contributed by atoms with Crippen LogP contribution >= 0.6 is 0 Å². The molecule has 2 aliphatic rings. The maximum Gasteiger partial charge on any atom is 0.303 e. The Morgan fingerprint density at radius 1 is 1.15 bits per heavy atom. The van der Waals surface area contributed by atoms with E-state index < -0.39 is 12.1 Å². The predicted molar refractivity (Wildman–Crippen MR) is 71.5 cm³/mol. The average molecular weight is 270 g/mol. The van der Waals surface area contributed by atoms with Gasteiger partial charge in [-0.3, -0.25) is 14.4 Å². The van der Waals surface area contributed by atoms with E-state index in [0.29, 0.717) is 35.1 Å². The van der Waals surface area contributed by atoms with E-state index in [1.807, 2.05) is 0 Å². The summed E-state index contributed by atoms with van der Waals surface area (Å²) in [7, 11) is 0. The number of allylic oxidation sites excluding steroid dienone is 1. The van der Waals surface area contributed by atoms with E-state index >= 15 is 0 Å². The molecule has 0 amide bonds. The molecule has 1 aromatic rings. The molecule has 0 saturated heterocycles. The third-order valence-electron chi connectivity index (χ3n) is 3.78. The molecule has 3 rings (SSSR count). The topological polar surface area (TPSA) is 60.4 Å². The minimum Gasteiger partial charge on any atom is -0.458 e. The van der Waals surface area contributed by atoms with E-state index in [9.17, 15) is 14.4 Å². The van der Waals surface area contributed by atoms with Crippen LogP contribution in [0.25, 0.3) is 0 Å². The Hall–Kier alpha value is -2.23. The molecule has 0 aliphatic heterocycles. The Labute approximate surface area is 116 Å². The van der Waals surface area contributed by atoms with Gasteiger partial charge in [0.1, 0.15) is 6.10 Å². The standard InChI is InChI=1S/C16H14O4/c1-9(17)20-13-8-4-7-12-14(13)16(19)11-6-3-2-5-10(11)15(12)18/h2-3,5-6,13H,4,7-8H2,1H3. The first kappa shape index (κ1) is 12.8. The van der Waals surface area contributed by atoms with Crippen molar-refractivity contribution in [3.05, 3.63) is 46.5 Å². The zero-order valence-corrected chi connectivity index (χ0v) is 11.1. The van der Waals surface area contributed by atoms with E-state index in [-0.39, 0.29) is 11.6 Å². The molecule has 20 heavy (non-hydrogen) atoms. The van der Waals surface area contributed by atoms with Crippen molar-refractivity contribution in [2.45, 2.75) is 32.3 Å². The highest BCUT2D eigenvalue weighted by Crippen LogP contribution is 2.36. The van der Waals surface area contributed by atoms with Crippen molar-refractivity contribution >= 4 is 17.5 Å². The van der Waals surface area contributed by atoms with Gasteiger partial charge < -0.3 is 4.74 Å². The second kappa shape index (κ2) is 4.71. The van der Waals surface area contributed by atoms with Gasteiger partial charge in [0, 0.05) is 29.2 Å². The van der Waals surface area contributed by atoms with Crippen molar-refractivity contribution in [3.8, 4) is 0 Å². The Kier molecular flexibility index (Phi) is 3.01. The van der Waals surface area contributed by atoms with E-state index in [0.717, 1.165) is 6.42 Å². The van der Waals surface area contributed by atoms with Crippen LogP contribution in [0.1, 0.15) is 46.9 Å². The van der Waals surface area contributed by atoms with Gasteiger partial charge in [0.25, 0.3) is 0 Å². The summed E-state index contributed by atoms with van der Waals surface area (Å²) in [5, 5.41) is 0. The molecule has 0 aromatic heterocycles. The molecular formula is C16H14O4. The maximum atomic E-state index is 12.6. The molecule has 0 N–H and O–H groups in total. The monoisotopic (exact) mass is 270 g/mol. The maximum absolute atomic E-state index is 12.6. The molecule has 4 nitrogen and oxygen atoms in total. The Morgan fingerprint density at radius 3 is 2.45 bits per heavy atom. The van der Waals surface area contributed by atoms with Gasteiger partial charge in [-0.25, -0.2) is 0 Å². The Balaban J connectivity index is 2.12. The number of hydrogen-bond donors (Lipinski definition) is 0. The van der Waals surface area contributed by atoms with Gasteiger partial charge in [-0.1, -0.05) is 24.3 Å². The first-order chi connectivity index (χ1) is 9.59. The lowest BCUT2D eigenvalue weighted by atomic mass is 9.76. The summed E-state index contributed by atoms with van der Waals surface area (Å²) in [5.41, 5.74) is 1.77. The van der Waals surface area contributed by atoms with Crippen LogP contribution in [0.2, 0.25) is 0 Å². The van der Waals surface area contributed by atoms with Crippen LogP contribution in [-0.4, -0.2) is 23.6 Å². The highest BCUT2D eigenvalue weighted by atomic mass is 16.5. The number of fused-ring (bicyclic) bond motifs is 1. The van der Waals surface area contributed by atoms with Crippen LogP contribution in [0.15, 0.2) is 35.4 Å². The first-order valence-corrected chi connectivity index (χ1v) is 6.68. The molecule has 2 aliphatic carbocycles. The third-order valence-corrected chi connectivity index (χ3v) is 3.78. The summed E-state index contributed by atoms with van der Waals surface area (Å²) in [5.74, 6) is -0.712. The molecule has 4 heteroatoms. The summed E-state index contributed by atoms with van der Waals surface area (Å²) in [4.78, 5) is 36.2. The number of carbonyl (C=O) groups is 3. The normalized spacial score (nSPS) is 21.4. The fourth-order valence-electron chi connectivity index (χ4n) is 2.96. The van der Waals surface area contributed by atoms with Crippen LogP contribution in [-0.2, 0) is 9.53 Å². The van der Waals surface area contributed by atoms with Crippen LogP contribution in [0.5, 0.6) is 0 Å². The van der Waals surface area contributed by atoms with Crippen LogP contribution < -0.4 is 0 Å². The third kappa shape index (κ3) is 1.88. The van der Waals surface area contributed by atoms with Gasteiger partial charge in [-0.15, -0.1) is 0 Å². The lowest BCUT2D eigenvalue weighted by Gasteiger charge is -2.30. The zero-order valence-electron chi connectivity index (χ0n) is 11.1. The highest BCUT2D eigenvalue weighted by molar-refractivity contribution is 6.27. The first-order valence-electron chi connectivity index (χ1n) is 6.68. The molecule has 1 aromatic carbocycles. The summed E-state index contributed by atoms with van der Waals surface area (Å²) in [6.45, 7) is 1.32. The minimum atomic E-state index is -0.582. The van der Waals surface area contributed by atoms with Gasteiger partial charge >= 0.3 is 5.97 Å². The van der Waals surface area contributed by atoms with Crippen molar-refractivity contribution < 1.29 is 19.1 Å². The molecule has 102 valence electrons. The zero-order chi connectivity index (χ0) is 14.3. The molecule has 0 fully saturated rings. The highest BCUT2D eigenvalue weighted by Gasteiger charge is 2.38. The number of Topliss-reactive ketones (excluding diaryl/α,β-unsaturated/α-hetero) is 2. The van der Waals surface area contributed by atoms with Crippen molar-refractivity contribution in [1.29, 1.82) is 0 Å². The summed E-state index contributed by atoms with van der Waals surface area (Å²) in [6, 6.07) is 6.81. The molecule has 0 spiro atoms. The van der Waals surface area contributed by atoms with E-state index in [1.54, 1.807) is 24.3 Å². The lowest BCUT2D eigenvalue weighted by molar-refractivity contribution is -0.144. The van der Waals surface area contributed by atoms with Gasteiger partial charge in [-0.05, 0) is 19.3 Å². The number of rotatable bonds is 1. The average Bonchev–Trinajstić information content (AvgIpc) is 2.44. The summed E-state index contributed by atoms with van der Waals surface area (Å²) in [6.07, 6.45) is 1.34. The Bertz CT molecular complexity index is 654. The molecule has 0 heterocycles. The Morgan fingerprint density at radius 2 is 1.80 bits per heavy atom. The van der Waals surface area contributed by atoms with Crippen molar-refractivity contribution in [1.82, 2.24) is 0 Å². The summed E-state index contributed by atoms with van der Waals surface area (Å²) >= 11 is 0. The van der Waals surface area contributed by atoms with Gasteiger partial charge in [0.2, 0.25) is 0 Å². The van der Waals surface area contributed by atoms with Crippen LogP contribution in [0.4, 0.5) is 0 Å². The predicted octanol–water partition coefficient (Wildman–Crippen LogP) is 2.48. The van der Waals surface area contributed by atoms with Gasteiger partial charge in [0.05, 0.1) is 0 Å². The molecular weight excluding hydrogens is 256 g/mol. The number of carbonyl (C=O) groups excluding carboxylic acids is 3. The van der Waals surface area contributed by atoms with E-state index in [4.69, 9.17) is 4.74 Å². The SMILES string of the molecule is CC(=O)OC1CCCC2=C1C(=O)c1ccccc1C2=O. The molecule has 0 saturated carbocycles. The number of benzene rings is 1. The van der Waals surface area contributed by atoms with Crippen molar-refractivity contribution in [3.63, 3.8) is 0 Å². The number of hydrogen-bond acceptors (Lipinski definition) is 4. The smallest absolute Gasteiger partial charge is 0.303 e. The van der Waals surface area contributed by atoms with Gasteiger partial charge in [-0.2, -0.15) is 0 Å². The second-order valence-corrected chi connectivity index (χ2v) is 5.09. The molecule has 0 radical (unpaired) electrons. The minimum absolute atomic E-state index is 0.105. The molecule has 0 bridgehead atoms. The molecule has 1 atom stereocenters. The fraction of sp³-hybridized carbons (Fsp3) is 0.312. The summed E-state index contributed by atoms with van der Waals surface area (Å²) < 4.78 is 5.22. The largest absolute Gasteiger partial charge is 0.458 e. The van der Waals surface area contributed by atoms with Crippen LogP contribution in [0.3, 0.4) is 0 Å². The van der Waals surface area contributed by atoms with Crippen LogP contribution in [0, 0.1) is 0 Å². The number of ether oxygens (including phenoxy) is 1. The lowest BCUT2D eigenvalue weighted by Crippen LogP contribution is -2.34. The fourth-order valence-corrected chi connectivity index (χ4v) is 2.96. The second-order valence-electron chi connectivity index (χ2n) is 5.09. The van der Waals surface area contributed by atoms with E-state index in [1.165, 1.54) is 6.92 Å². The quantitative estimate of drug-likeness (QED) is 0.735. The van der Waals surface area contributed by atoms with Gasteiger partial charge in [0.15, 0.2) is 11.6 Å². The number of ketones is 2.